The van der Waals surface area contributed by atoms with Crippen molar-refractivity contribution in [2.45, 2.75) is 25.9 Å². The van der Waals surface area contributed by atoms with E-state index in [0.717, 1.165) is 12.8 Å². The predicted molar refractivity (Wildman–Crippen MR) is 70.1 cm³/mol. The number of anilines is 1. The van der Waals surface area contributed by atoms with Crippen molar-refractivity contribution in [2.24, 2.45) is 13.0 Å². The zero-order valence-electron chi connectivity index (χ0n) is 11.0. The Kier molecular flexibility index (Phi) is 3.61. The molecule has 1 aliphatic rings. The molecule has 1 aromatic rings. The van der Waals surface area contributed by atoms with E-state index in [4.69, 9.17) is 5.73 Å². The third-order valence-corrected chi connectivity index (χ3v) is 3.75. The molecule has 1 amide bonds. The van der Waals surface area contributed by atoms with Gasteiger partial charge in [0.15, 0.2) is 0 Å². The Bertz CT molecular complexity index is 431. The van der Waals surface area contributed by atoms with Gasteiger partial charge < -0.3 is 20.3 Å². The molecule has 5 nitrogen and oxygen atoms in total. The van der Waals surface area contributed by atoms with Gasteiger partial charge in [-0.25, -0.2) is 0 Å². The van der Waals surface area contributed by atoms with E-state index < -0.39 is 0 Å². The van der Waals surface area contributed by atoms with Gasteiger partial charge in [-0.2, -0.15) is 0 Å². The molecule has 1 fully saturated rings. The number of nitrogens with two attached hydrogens (primary N) is 1. The van der Waals surface area contributed by atoms with Crippen LogP contribution in [0.1, 0.15) is 30.3 Å². The van der Waals surface area contributed by atoms with E-state index in [1.807, 2.05) is 18.9 Å². The molecule has 1 atom stereocenters. The van der Waals surface area contributed by atoms with Crippen molar-refractivity contribution < 1.29 is 9.90 Å². The summed E-state index contributed by atoms with van der Waals surface area (Å²) in [6.07, 6.45) is 3.19. The maximum Gasteiger partial charge on any atom is 0.270 e. The van der Waals surface area contributed by atoms with Gasteiger partial charge in [0.05, 0.1) is 11.8 Å². The summed E-state index contributed by atoms with van der Waals surface area (Å²) in [5.41, 5.74) is 6.92. The van der Waals surface area contributed by atoms with Gasteiger partial charge in [-0.1, -0.05) is 0 Å². The fourth-order valence-electron chi connectivity index (χ4n) is 2.55. The highest BCUT2D eigenvalue weighted by atomic mass is 16.3. The molecule has 3 N–H and O–H groups in total. The monoisotopic (exact) mass is 251 g/mol. The predicted octanol–water partition coefficient (Wildman–Crippen LogP) is 0.840. The number of nitrogen functional groups attached to an aromatic ring is 1. The van der Waals surface area contributed by atoms with Crippen LogP contribution in [0.15, 0.2) is 12.3 Å². The highest BCUT2D eigenvalue weighted by molar-refractivity contribution is 5.93. The molecule has 0 radical (unpaired) electrons. The molecular weight excluding hydrogens is 230 g/mol. The van der Waals surface area contributed by atoms with Crippen molar-refractivity contribution in [2.75, 3.05) is 18.8 Å². The van der Waals surface area contributed by atoms with Crippen LogP contribution in [0.2, 0.25) is 0 Å². The van der Waals surface area contributed by atoms with Crippen molar-refractivity contribution in [1.82, 2.24) is 9.47 Å². The Morgan fingerprint density at radius 2 is 2.11 bits per heavy atom. The van der Waals surface area contributed by atoms with Crippen LogP contribution in [0.3, 0.4) is 0 Å². The molecule has 5 heteroatoms. The number of rotatable bonds is 2. The van der Waals surface area contributed by atoms with E-state index in [-0.39, 0.29) is 12.0 Å². The molecule has 100 valence electrons. The quantitative estimate of drug-likeness (QED) is 0.818. The van der Waals surface area contributed by atoms with E-state index in [0.29, 0.717) is 30.4 Å². The summed E-state index contributed by atoms with van der Waals surface area (Å²) in [7, 11) is 1.83. The normalized spacial score (nSPS) is 18.9. The van der Waals surface area contributed by atoms with Gasteiger partial charge in [0, 0.05) is 26.3 Å². The number of aliphatic hydroxyl groups is 1. The van der Waals surface area contributed by atoms with E-state index in [9.17, 15) is 9.90 Å². The minimum Gasteiger partial charge on any atom is -0.397 e. The minimum atomic E-state index is -0.284. The van der Waals surface area contributed by atoms with Crippen LogP contribution < -0.4 is 5.73 Å². The SMILES string of the molecule is CC(O)C1CCN(C(=O)c2cc(N)cn2C)CC1. The molecule has 0 aliphatic carbocycles. The zero-order chi connectivity index (χ0) is 13.3. The highest BCUT2D eigenvalue weighted by Gasteiger charge is 2.27. The number of nitrogens with zero attached hydrogens (tertiary/aromatic N) is 2. The van der Waals surface area contributed by atoms with Crippen LogP contribution in [-0.4, -0.2) is 39.7 Å². The molecule has 2 rings (SSSR count). The lowest BCUT2D eigenvalue weighted by atomic mass is 9.92. The summed E-state index contributed by atoms with van der Waals surface area (Å²) in [6.45, 7) is 3.24. The number of hydrogen-bond donors (Lipinski definition) is 2. The van der Waals surface area contributed by atoms with Gasteiger partial charge in [-0.3, -0.25) is 4.79 Å². The van der Waals surface area contributed by atoms with Crippen LogP contribution >= 0.6 is 0 Å². The molecule has 18 heavy (non-hydrogen) atoms. The van der Waals surface area contributed by atoms with Crippen LogP contribution in [0.25, 0.3) is 0 Å². The molecule has 0 spiro atoms. The molecule has 1 unspecified atom stereocenters. The summed E-state index contributed by atoms with van der Waals surface area (Å²) < 4.78 is 1.76. The van der Waals surface area contributed by atoms with Crippen molar-refractivity contribution >= 4 is 11.6 Å². The Morgan fingerprint density at radius 1 is 1.50 bits per heavy atom. The van der Waals surface area contributed by atoms with E-state index >= 15 is 0 Å². The number of likely N-dealkylation sites (tertiary alicyclic amines) is 1. The van der Waals surface area contributed by atoms with Crippen LogP contribution in [-0.2, 0) is 7.05 Å². The number of aryl methyl sites for hydroxylation is 1. The van der Waals surface area contributed by atoms with E-state index in [1.54, 1.807) is 16.8 Å². The smallest absolute Gasteiger partial charge is 0.270 e. The summed E-state index contributed by atoms with van der Waals surface area (Å²) in [5.74, 6) is 0.339. The largest absolute Gasteiger partial charge is 0.397 e. The second-order valence-corrected chi connectivity index (χ2v) is 5.14. The molecule has 0 bridgehead atoms. The maximum absolute atomic E-state index is 12.3. The highest BCUT2D eigenvalue weighted by Crippen LogP contribution is 2.22. The summed E-state index contributed by atoms with van der Waals surface area (Å²) in [6, 6.07) is 1.71. The van der Waals surface area contributed by atoms with Gasteiger partial charge >= 0.3 is 0 Å². The van der Waals surface area contributed by atoms with Crippen molar-refractivity contribution in [3.05, 3.63) is 18.0 Å². The topological polar surface area (TPSA) is 71.5 Å². The fourth-order valence-corrected chi connectivity index (χ4v) is 2.55. The van der Waals surface area contributed by atoms with Crippen LogP contribution in [0.4, 0.5) is 5.69 Å². The first kappa shape index (κ1) is 13.0. The number of carbonyl (C=O) groups is 1. The number of amides is 1. The first-order valence-corrected chi connectivity index (χ1v) is 6.38. The lowest BCUT2D eigenvalue weighted by Gasteiger charge is -2.33. The Labute approximate surface area is 107 Å². The lowest BCUT2D eigenvalue weighted by Crippen LogP contribution is -2.41. The van der Waals surface area contributed by atoms with Crippen LogP contribution in [0, 0.1) is 5.92 Å². The van der Waals surface area contributed by atoms with Crippen LogP contribution in [0.5, 0.6) is 0 Å². The third kappa shape index (κ3) is 2.51. The number of piperidine rings is 1. The summed E-state index contributed by atoms with van der Waals surface area (Å²) in [4.78, 5) is 14.1. The van der Waals surface area contributed by atoms with E-state index in [2.05, 4.69) is 0 Å². The summed E-state index contributed by atoms with van der Waals surface area (Å²) in [5, 5.41) is 9.54. The zero-order valence-corrected chi connectivity index (χ0v) is 11.0. The van der Waals surface area contributed by atoms with Gasteiger partial charge in [-0.15, -0.1) is 0 Å². The van der Waals surface area contributed by atoms with Gasteiger partial charge in [-0.05, 0) is 31.7 Å². The van der Waals surface area contributed by atoms with E-state index in [1.165, 1.54) is 0 Å². The molecule has 0 aromatic carbocycles. The molecule has 1 saturated heterocycles. The average molecular weight is 251 g/mol. The maximum atomic E-state index is 12.3. The van der Waals surface area contributed by atoms with Gasteiger partial charge in [0.2, 0.25) is 0 Å². The second-order valence-electron chi connectivity index (χ2n) is 5.14. The van der Waals surface area contributed by atoms with Crippen molar-refractivity contribution in [1.29, 1.82) is 0 Å². The average Bonchev–Trinajstić information content (AvgIpc) is 2.67. The Hall–Kier alpha value is -1.49. The Balaban J connectivity index is 2.02. The second kappa shape index (κ2) is 5.02. The van der Waals surface area contributed by atoms with Gasteiger partial charge in [0.25, 0.3) is 5.91 Å². The van der Waals surface area contributed by atoms with Crippen molar-refractivity contribution in [3.63, 3.8) is 0 Å². The molecule has 0 saturated carbocycles. The molecule has 1 aromatic heterocycles. The number of carbonyl (C=O) groups excluding carboxylic acids is 1. The number of hydrogen-bond acceptors (Lipinski definition) is 3. The summed E-state index contributed by atoms with van der Waals surface area (Å²) >= 11 is 0. The first-order chi connectivity index (χ1) is 8.49. The lowest BCUT2D eigenvalue weighted by molar-refractivity contribution is 0.0514. The minimum absolute atomic E-state index is 0.0262. The molecule has 2 heterocycles. The van der Waals surface area contributed by atoms with Crippen molar-refractivity contribution in [3.8, 4) is 0 Å². The number of aromatic nitrogens is 1. The number of aliphatic hydroxyl groups excluding tert-OH is 1. The standard InChI is InChI=1S/C13H21N3O2/c1-9(17)10-3-5-16(6-4-10)13(18)12-7-11(14)8-15(12)2/h7-10,17H,3-6,14H2,1-2H3. The Morgan fingerprint density at radius 3 is 2.56 bits per heavy atom. The van der Waals surface area contributed by atoms with Gasteiger partial charge in [0.1, 0.15) is 5.69 Å². The molecule has 1 aliphatic heterocycles. The fraction of sp³-hybridized carbons (Fsp3) is 0.615. The third-order valence-electron chi connectivity index (χ3n) is 3.75. The first-order valence-electron chi connectivity index (χ1n) is 6.38. The molecular formula is C13H21N3O2.